The van der Waals surface area contributed by atoms with E-state index in [1.54, 1.807) is 6.07 Å². The molecule has 0 aliphatic rings. The highest BCUT2D eigenvalue weighted by molar-refractivity contribution is 9.10. The van der Waals surface area contributed by atoms with Gasteiger partial charge in [-0.1, -0.05) is 15.9 Å². The van der Waals surface area contributed by atoms with Gasteiger partial charge in [0.25, 0.3) is 5.91 Å². The molecule has 3 N–H and O–H groups in total. The maximum atomic E-state index is 13.6. The lowest BCUT2D eigenvalue weighted by Gasteiger charge is -2.09. The second kappa shape index (κ2) is 5.89. The molecule has 106 valence electrons. The Morgan fingerprint density at radius 3 is 2.62 bits per heavy atom. The third-order valence-electron chi connectivity index (χ3n) is 2.68. The Balaban J connectivity index is 2.37. The van der Waals surface area contributed by atoms with Gasteiger partial charge in [0.15, 0.2) is 0 Å². The topological polar surface area (TPSA) is 78.9 Å². The quantitative estimate of drug-likeness (QED) is 0.813. The Kier molecular flexibility index (Phi) is 4.19. The molecule has 2 aromatic carbocycles. The molecule has 0 unspecified atom stereocenters. The first-order valence-electron chi connectivity index (χ1n) is 5.68. The summed E-state index contributed by atoms with van der Waals surface area (Å²) in [4.78, 5) is 12.0. The highest BCUT2D eigenvalue weighted by Gasteiger charge is 2.16. The number of nitrogen functional groups attached to an aromatic ring is 1. The van der Waals surface area contributed by atoms with Crippen LogP contribution < -0.4 is 11.1 Å². The normalized spacial score (nSPS) is 10.0. The summed E-state index contributed by atoms with van der Waals surface area (Å²) in [6.07, 6.45) is 0. The van der Waals surface area contributed by atoms with E-state index in [1.165, 1.54) is 12.1 Å². The molecule has 21 heavy (non-hydrogen) atoms. The second-order valence-corrected chi connectivity index (χ2v) is 5.03. The number of nitrogens with zero attached hydrogens (tertiary/aromatic N) is 1. The Morgan fingerprint density at radius 2 is 1.95 bits per heavy atom. The summed E-state index contributed by atoms with van der Waals surface area (Å²) in [6, 6.07) is 7.97. The largest absolute Gasteiger partial charge is 0.396 e. The molecule has 1 amide bonds. The molecule has 0 aliphatic carbocycles. The van der Waals surface area contributed by atoms with E-state index in [-0.39, 0.29) is 16.9 Å². The van der Waals surface area contributed by atoms with Gasteiger partial charge in [0, 0.05) is 10.5 Å². The number of nitriles is 1. The van der Waals surface area contributed by atoms with Crippen molar-refractivity contribution < 1.29 is 13.6 Å². The van der Waals surface area contributed by atoms with Crippen molar-refractivity contribution in [3.63, 3.8) is 0 Å². The Bertz CT molecular complexity index is 772. The maximum absolute atomic E-state index is 13.6. The van der Waals surface area contributed by atoms with Crippen molar-refractivity contribution in [2.75, 3.05) is 11.1 Å². The van der Waals surface area contributed by atoms with Crippen LogP contribution in [0.2, 0.25) is 0 Å². The SMILES string of the molecule is N#Cc1ccc(Br)cc1NC(=O)c1cc(N)c(F)cc1F. The van der Waals surface area contributed by atoms with Crippen LogP contribution in [0.15, 0.2) is 34.8 Å². The van der Waals surface area contributed by atoms with E-state index in [4.69, 9.17) is 11.0 Å². The van der Waals surface area contributed by atoms with Crippen LogP contribution in [0.1, 0.15) is 15.9 Å². The summed E-state index contributed by atoms with van der Waals surface area (Å²) in [7, 11) is 0. The van der Waals surface area contributed by atoms with E-state index in [0.29, 0.717) is 10.5 Å². The number of nitrogens with one attached hydrogen (secondary N) is 1. The average molecular weight is 352 g/mol. The van der Waals surface area contributed by atoms with Crippen molar-refractivity contribution in [3.05, 3.63) is 57.6 Å². The summed E-state index contributed by atoms with van der Waals surface area (Å²) in [6.45, 7) is 0. The molecule has 0 heterocycles. The smallest absolute Gasteiger partial charge is 0.258 e. The first-order valence-corrected chi connectivity index (χ1v) is 6.47. The highest BCUT2D eigenvalue weighted by Crippen LogP contribution is 2.23. The first-order chi connectivity index (χ1) is 9.92. The number of carbonyl (C=O) groups excluding carboxylic acids is 1. The van der Waals surface area contributed by atoms with Gasteiger partial charge < -0.3 is 11.1 Å². The third-order valence-corrected chi connectivity index (χ3v) is 3.17. The Labute approximate surface area is 127 Å². The second-order valence-electron chi connectivity index (χ2n) is 4.11. The van der Waals surface area contributed by atoms with Gasteiger partial charge in [0.05, 0.1) is 22.5 Å². The monoisotopic (exact) mass is 351 g/mol. The van der Waals surface area contributed by atoms with Crippen LogP contribution in [-0.2, 0) is 0 Å². The van der Waals surface area contributed by atoms with E-state index >= 15 is 0 Å². The summed E-state index contributed by atoms with van der Waals surface area (Å²) in [5.74, 6) is -2.80. The fraction of sp³-hybridized carbons (Fsp3) is 0. The number of hydrogen-bond acceptors (Lipinski definition) is 3. The van der Waals surface area contributed by atoms with Gasteiger partial charge in [-0.25, -0.2) is 8.78 Å². The number of nitrogens with two attached hydrogens (primary N) is 1. The van der Waals surface area contributed by atoms with Crippen molar-refractivity contribution >= 4 is 33.2 Å². The molecule has 0 spiro atoms. The van der Waals surface area contributed by atoms with E-state index < -0.39 is 23.1 Å². The van der Waals surface area contributed by atoms with Gasteiger partial charge in [-0.2, -0.15) is 5.26 Å². The molecule has 2 rings (SSSR count). The fourth-order valence-electron chi connectivity index (χ4n) is 1.65. The zero-order chi connectivity index (χ0) is 15.6. The van der Waals surface area contributed by atoms with Crippen LogP contribution >= 0.6 is 15.9 Å². The number of benzene rings is 2. The van der Waals surface area contributed by atoms with E-state index in [9.17, 15) is 13.6 Å². The molecule has 4 nitrogen and oxygen atoms in total. The van der Waals surface area contributed by atoms with Crippen LogP contribution in [-0.4, -0.2) is 5.91 Å². The van der Waals surface area contributed by atoms with Gasteiger partial charge in [-0.05, 0) is 24.3 Å². The zero-order valence-electron chi connectivity index (χ0n) is 10.5. The maximum Gasteiger partial charge on any atom is 0.258 e. The number of hydrogen-bond donors (Lipinski definition) is 2. The fourth-order valence-corrected chi connectivity index (χ4v) is 2.01. The van der Waals surface area contributed by atoms with Gasteiger partial charge in [-0.15, -0.1) is 0 Å². The standard InChI is InChI=1S/C14H8BrF2N3O/c15-8-2-1-7(6-18)13(3-8)20-14(21)9-4-12(19)11(17)5-10(9)16/h1-5H,19H2,(H,20,21). The third kappa shape index (κ3) is 3.17. The van der Waals surface area contributed by atoms with Crippen LogP contribution in [0.25, 0.3) is 0 Å². The van der Waals surface area contributed by atoms with Gasteiger partial charge in [-0.3, -0.25) is 4.79 Å². The summed E-state index contributed by atoms with van der Waals surface area (Å²) in [5, 5.41) is 11.4. The average Bonchev–Trinajstić information content (AvgIpc) is 2.43. The molecule has 2 aromatic rings. The molecule has 0 atom stereocenters. The van der Waals surface area contributed by atoms with Crippen molar-refractivity contribution in [3.8, 4) is 6.07 Å². The Morgan fingerprint density at radius 1 is 1.24 bits per heavy atom. The van der Waals surface area contributed by atoms with Gasteiger partial charge in [0.2, 0.25) is 0 Å². The van der Waals surface area contributed by atoms with E-state index in [1.807, 2.05) is 6.07 Å². The summed E-state index contributed by atoms with van der Waals surface area (Å²) >= 11 is 3.20. The van der Waals surface area contributed by atoms with Crippen LogP contribution in [0.3, 0.4) is 0 Å². The van der Waals surface area contributed by atoms with Crippen LogP contribution in [0, 0.1) is 23.0 Å². The lowest BCUT2D eigenvalue weighted by Crippen LogP contribution is -2.15. The van der Waals surface area contributed by atoms with Crippen molar-refractivity contribution in [1.29, 1.82) is 5.26 Å². The highest BCUT2D eigenvalue weighted by atomic mass is 79.9. The van der Waals surface area contributed by atoms with Gasteiger partial charge >= 0.3 is 0 Å². The molecule has 7 heteroatoms. The predicted molar refractivity (Wildman–Crippen MR) is 77.6 cm³/mol. The van der Waals surface area contributed by atoms with Crippen LogP contribution in [0.4, 0.5) is 20.2 Å². The minimum Gasteiger partial charge on any atom is -0.396 e. The molecular formula is C14H8BrF2N3O. The lowest BCUT2D eigenvalue weighted by molar-refractivity contribution is 0.102. The molecule has 0 saturated carbocycles. The number of amides is 1. The number of carbonyl (C=O) groups is 1. The molecule has 0 aliphatic heterocycles. The number of rotatable bonds is 2. The summed E-state index contributed by atoms with van der Waals surface area (Å²) in [5.41, 5.74) is 5.00. The van der Waals surface area contributed by atoms with Crippen molar-refractivity contribution in [2.24, 2.45) is 0 Å². The molecular weight excluding hydrogens is 344 g/mol. The summed E-state index contributed by atoms with van der Waals surface area (Å²) < 4.78 is 27.3. The molecule has 0 aromatic heterocycles. The minimum atomic E-state index is -1.03. The first kappa shape index (κ1) is 14.9. The van der Waals surface area contributed by atoms with Gasteiger partial charge in [0.1, 0.15) is 17.7 Å². The van der Waals surface area contributed by atoms with Crippen LogP contribution in [0.5, 0.6) is 0 Å². The lowest BCUT2D eigenvalue weighted by atomic mass is 10.1. The van der Waals surface area contributed by atoms with E-state index in [2.05, 4.69) is 21.2 Å². The predicted octanol–water partition coefficient (Wildman–Crippen LogP) is 3.43. The Hall–Kier alpha value is -2.46. The van der Waals surface area contributed by atoms with E-state index in [0.717, 1.165) is 6.07 Å². The molecule has 0 radical (unpaired) electrons. The number of halogens is 3. The molecule has 0 saturated heterocycles. The molecule has 0 fully saturated rings. The minimum absolute atomic E-state index is 0.208. The van der Waals surface area contributed by atoms with Crippen molar-refractivity contribution in [2.45, 2.75) is 0 Å². The van der Waals surface area contributed by atoms with Crippen molar-refractivity contribution in [1.82, 2.24) is 0 Å². The number of anilines is 2. The zero-order valence-corrected chi connectivity index (χ0v) is 12.0. The molecule has 0 bridgehead atoms.